The molecule has 0 aliphatic carbocycles. The number of hydrogen-bond donors (Lipinski definition) is 0. The molecule has 2 heterocycles. The summed E-state index contributed by atoms with van der Waals surface area (Å²) in [5.74, 6) is 1.09. The zero-order valence-electron chi connectivity index (χ0n) is 15.3. The summed E-state index contributed by atoms with van der Waals surface area (Å²) in [6.07, 6.45) is 1.02. The highest BCUT2D eigenvalue weighted by Crippen LogP contribution is 2.17. The first-order chi connectivity index (χ1) is 11.0. The van der Waals surface area contributed by atoms with E-state index in [1.807, 2.05) is 13.8 Å². The van der Waals surface area contributed by atoms with E-state index in [4.69, 9.17) is 0 Å². The maximum absolute atomic E-state index is 12.7. The van der Waals surface area contributed by atoms with Gasteiger partial charge in [0.05, 0.1) is 16.2 Å². The molecule has 7 nitrogen and oxygen atoms in total. The molecule has 0 aromatic carbocycles. The van der Waals surface area contributed by atoms with Crippen LogP contribution in [-0.4, -0.2) is 38.1 Å². The summed E-state index contributed by atoms with van der Waals surface area (Å²) in [5.41, 5.74) is 1.23. The lowest BCUT2D eigenvalue weighted by molar-refractivity contribution is 0.522. The number of nitrogens with zero attached hydrogens (tertiary/aromatic N) is 4. The first-order valence-corrected chi connectivity index (χ1v) is 9.82. The van der Waals surface area contributed by atoms with E-state index >= 15 is 0 Å². The summed E-state index contributed by atoms with van der Waals surface area (Å²) in [6, 6.07) is 0. The normalized spacial score (nSPS) is 12.9. The number of sulfone groups is 1. The van der Waals surface area contributed by atoms with E-state index < -0.39 is 14.6 Å². The van der Waals surface area contributed by atoms with Crippen molar-refractivity contribution in [2.45, 2.75) is 65.7 Å². The van der Waals surface area contributed by atoms with Crippen LogP contribution in [0.25, 0.3) is 5.78 Å². The zero-order valence-corrected chi connectivity index (χ0v) is 16.1. The maximum atomic E-state index is 12.7. The van der Waals surface area contributed by atoms with Crippen molar-refractivity contribution < 1.29 is 8.42 Å². The molecule has 2 aromatic rings. The molecule has 0 aliphatic heterocycles. The fourth-order valence-corrected chi connectivity index (χ4v) is 3.78. The topological polar surface area (TPSA) is 86.3 Å². The Kier molecular flexibility index (Phi) is 4.90. The van der Waals surface area contributed by atoms with Crippen molar-refractivity contribution in [1.29, 1.82) is 0 Å². The lowest BCUT2D eigenvalue weighted by atomic mass is 10.2. The molecular formula is C16H26N4O3S. The largest absolute Gasteiger partial charge is 0.277 e. The molecule has 0 unspecified atom stereocenters. The number of rotatable bonds is 5. The van der Waals surface area contributed by atoms with Crippen molar-refractivity contribution in [3.8, 4) is 0 Å². The molecule has 0 atom stereocenters. The van der Waals surface area contributed by atoms with Crippen molar-refractivity contribution in [3.63, 3.8) is 0 Å². The van der Waals surface area contributed by atoms with Gasteiger partial charge in [-0.15, -0.1) is 0 Å². The van der Waals surface area contributed by atoms with Gasteiger partial charge in [0.2, 0.25) is 0 Å². The minimum absolute atomic E-state index is 0.0737. The van der Waals surface area contributed by atoms with Crippen LogP contribution in [0, 0.1) is 13.8 Å². The minimum atomic E-state index is -3.18. The molecule has 0 amide bonds. The molecule has 2 rings (SSSR count). The van der Waals surface area contributed by atoms with Gasteiger partial charge in [-0.05, 0) is 47.5 Å². The van der Waals surface area contributed by atoms with Gasteiger partial charge in [-0.2, -0.15) is 9.50 Å². The third-order valence-electron chi connectivity index (χ3n) is 4.29. The SMILES string of the molecule is CCc1c(C)nc2nc(C)n(CCCS(=O)(=O)C(C)(C)C)n2c1=O. The molecule has 134 valence electrons. The zero-order chi connectivity index (χ0) is 18.3. The Morgan fingerprint density at radius 1 is 1.12 bits per heavy atom. The highest BCUT2D eigenvalue weighted by atomic mass is 32.2. The smallest absolute Gasteiger partial charge is 0.267 e. The van der Waals surface area contributed by atoms with E-state index in [0.717, 1.165) is 0 Å². The monoisotopic (exact) mass is 354 g/mol. The Bertz CT molecular complexity index is 917. The van der Waals surface area contributed by atoms with E-state index in [0.29, 0.717) is 42.2 Å². The summed E-state index contributed by atoms with van der Waals surface area (Å²) >= 11 is 0. The van der Waals surface area contributed by atoms with Crippen molar-refractivity contribution in [2.75, 3.05) is 5.75 Å². The van der Waals surface area contributed by atoms with Crippen LogP contribution in [-0.2, 0) is 22.8 Å². The third kappa shape index (κ3) is 3.24. The second kappa shape index (κ2) is 6.31. The summed E-state index contributed by atoms with van der Waals surface area (Å²) in [6.45, 7) is 11.0. The van der Waals surface area contributed by atoms with Crippen LogP contribution in [0.2, 0.25) is 0 Å². The predicted molar refractivity (Wildman–Crippen MR) is 94.3 cm³/mol. The van der Waals surface area contributed by atoms with Crippen molar-refractivity contribution in [1.82, 2.24) is 19.2 Å². The van der Waals surface area contributed by atoms with Crippen molar-refractivity contribution in [2.24, 2.45) is 0 Å². The Balaban J connectivity index is 2.37. The predicted octanol–water partition coefficient (Wildman–Crippen LogP) is 1.67. The van der Waals surface area contributed by atoms with Crippen LogP contribution < -0.4 is 5.56 Å². The van der Waals surface area contributed by atoms with Gasteiger partial charge in [-0.3, -0.25) is 9.48 Å². The Labute approximate surface area is 142 Å². The standard InChI is InChI=1S/C16H26N4O3S/c1-7-13-11(2)17-15-18-12(3)19(20(15)14(13)21)9-8-10-24(22,23)16(4,5)6/h7-10H2,1-6H3. The fraction of sp³-hybridized carbons (Fsp3) is 0.688. The van der Waals surface area contributed by atoms with E-state index in [1.54, 1.807) is 32.4 Å². The summed E-state index contributed by atoms with van der Waals surface area (Å²) in [5, 5.41) is 0. The first kappa shape index (κ1) is 18.6. The molecule has 0 radical (unpaired) electrons. The molecule has 2 aromatic heterocycles. The molecule has 0 fully saturated rings. The van der Waals surface area contributed by atoms with Crippen LogP contribution in [0.5, 0.6) is 0 Å². The second-order valence-corrected chi connectivity index (χ2v) is 9.88. The summed E-state index contributed by atoms with van der Waals surface area (Å²) in [4.78, 5) is 21.4. The van der Waals surface area contributed by atoms with Gasteiger partial charge in [0.15, 0.2) is 9.84 Å². The van der Waals surface area contributed by atoms with E-state index in [2.05, 4.69) is 9.97 Å². The van der Waals surface area contributed by atoms with Gasteiger partial charge in [0.25, 0.3) is 11.3 Å². The average Bonchev–Trinajstić information content (AvgIpc) is 2.74. The molecule has 8 heteroatoms. The second-order valence-electron chi connectivity index (χ2n) is 7.01. The number of fused-ring (bicyclic) bond motifs is 1. The minimum Gasteiger partial charge on any atom is -0.267 e. The Hall–Kier alpha value is -1.70. The summed E-state index contributed by atoms with van der Waals surface area (Å²) < 4.78 is 26.9. The van der Waals surface area contributed by atoms with Crippen LogP contribution >= 0.6 is 0 Å². The van der Waals surface area contributed by atoms with E-state index in [-0.39, 0.29) is 11.3 Å². The molecule has 0 aliphatic rings. The van der Waals surface area contributed by atoms with Gasteiger partial charge in [0, 0.05) is 12.1 Å². The van der Waals surface area contributed by atoms with Gasteiger partial charge < -0.3 is 0 Å². The quantitative estimate of drug-likeness (QED) is 0.815. The van der Waals surface area contributed by atoms with Crippen molar-refractivity contribution in [3.05, 3.63) is 27.4 Å². The highest BCUT2D eigenvalue weighted by molar-refractivity contribution is 7.92. The van der Waals surface area contributed by atoms with Crippen LogP contribution in [0.4, 0.5) is 0 Å². The highest BCUT2D eigenvalue weighted by Gasteiger charge is 2.28. The average molecular weight is 354 g/mol. The Morgan fingerprint density at radius 2 is 1.75 bits per heavy atom. The number of hydrogen-bond acceptors (Lipinski definition) is 5. The molecule has 0 saturated heterocycles. The molecule has 0 spiro atoms. The maximum Gasteiger partial charge on any atom is 0.277 e. The molecule has 0 saturated carbocycles. The fourth-order valence-electron chi connectivity index (χ4n) is 2.65. The van der Waals surface area contributed by atoms with Gasteiger partial charge >= 0.3 is 0 Å². The molecular weight excluding hydrogens is 328 g/mol. The third-order valence-corrected chi connectivity index (χ3v) is 6.98. The van der Waals surface area contributed by atoms with E-state index in [1.165, 1.54) is 4.52 Å². The summed E-state index contributed by atoms with van der Waals surface area (Å²) in [7, 11) is -3.18. The molecule has 24 heavy (non-hydrogen) atoms. The Morgan fingerprint density at radius 3 is 2.29 bits per heavy atom. The number of aromatic nitrogens is 4. The van der Waals surface area contributed by atoms with Crippen molar-refractivity contribution >= 4 is 15.6 Å². The first-order valence-electron chi connectivity index (χ1n) is 8.17. The lowest BCUT2D eigenvalue weighted by Gasteiger charge is -2.19. The van der Waals surface area contributed by atoms with Crippen LogP contribution in [0.3, 0.4) is 0 Å². The number of aryl methyl sites for hydroxylation is 3. The van der Waals surface area contributed by atoms with Crippen LogP contribution in [0.1, 0.15) is 51.2 Å². The lowest BCUT2D eigenvalue weighted by Crippen LogP contribution is -2.31. The molecule has 0 bridgehead atoms. The van der Waals surface area contributed by atoms with E-state index in [9.17, 15) is 13.2 Å². The van der Waals surface area contributed by atoms with Crippen LogP contribution in [0.15, 0.2) is 4.79 Å². The van der Waals surface area contributed by atoms with Gasteiger partial charge in [-0.25, -0.2) is 13.4 Å². The van der Waals surface area contributed by atoms with Gasteiger partial charge in [0.1, 0.15) is 5.82 Å². The molecule has 0 N–H and O–H groups in total. The van der Waals surface area contributed by atoms with Gasteiger partial charge in [-0.1, -0.05) is 6.92 Å².